The summed E-state index contributed by atoms with van der Waals surface area (Å²) in [5.74, 6) is -2.30. The zero-order valence-electron chi connectivity index (χ0n) is 56.9. The van der Waals surface area contributed by atoms with Crippen LogP contribution < -0.4 is 5.11 Å². The highest BCUT2D eigenvalue weighted by molar-refractivity contribution is 5.70. The van der Waals surface area contributed by atoms with Crippen LogP contribution in [0.1, 0.15) is 296 Å². The minimum Gasteiger partial charge on any atom is -0.545 e. The van der Waals surface area contributed by atoms with Crippen LogP contribution in [0.3, 0.4) is 0 Å². The molecule has 9 nitrogen and oxygen atoms in total. The van der Waals surface area contributed by atoms with Crippen LogP contribution in [0.25, 0.3) is 0 Å². The number of carbonyl (C=O) groups excluding carboxylic acids is 3. The van der Waals surface area contributed by atoms with Crippen molar-refractivity contribution in [3.63, 3.8) is 0 Å². The van der Waals surface area contributed by atoms with Gasteiger partial charge in [-0.25, -0.2) is 0 Å². The predicted molar refractivity (Wildman–Crippen MR) is 370 cm³/mol. The maximum absolute atomic E-state index is 12.9. The van der Waals surface area contributed by atoms with Crippen LogP contribution in [-0.2, 0) is 33.3 Å². The fraction of sp³-hybridized carbons (Fsp3) is 0.705. The minimum atomic E-state index is -1.63. The average molecular weight is 1210 g/mol. The summed E-state index contributed by atoms with van der Waals surface area (Å²) in [7, 11) is 5.92. The quantitative estimate of drug-likeness (QED) is 0.0195. The van der Waals surface area contributed by atoms with E-state index in [0.29, 0.717) is 23.9 Å². The van der Waals surface area contributed by atoms with E-state index < -0.39 is 24.3 Å². The predicted octanol–water partition coefficient (Wildman–Crippen LogP) is 21.0. The van der Waals surface area contributed by atoms with E-state index in [1.54, 1.807) is 0 Å². The Hall–Kier alpha value is -4.31. The fourth-order valence-electron chi connectivity index (χ4n) is 9.83. The second kappa shape index (κ2) is 67.6. The van der Waals surface area contributed by atoms with Crippen LogP contribution in [0.2, 0.25) is 0 Å². The zero-order valence-corrected chi connectivity index (χ0v) is 56.9. The smallest absolute Gasteiger partial charge is 0.306 e. The molecule has 0 bridgehead atoms. The molecule has 0 radical (unpaired) electrons. The minimum absolute atomic E-state index is 0.141. The average Bonchev–Trinajstić information content (AvgIpc) is 3.59. The monoisotopic (exact) mass is 1210 g/mol. The van der Waals surface area contributed by atoms with Gasteiger partial charge in [0.1, 0.15) is 13.2 Å². The van der Waals surface area contributed by atoms with Crippen molar-refractivity contribution >= 4 is 17.9 Å². The summed E-state index contributed by atoms with van der Waals surface area (Å²) < 4.78 is 22.8. The van der Waals surface area contributed by atoms with Gasteiger partial charge in [-0.2, -0.15) is 0 Å². The summed E-state index contributed by atoms with van der Waals surface area (Å²) >= 11 is 0. The normalized spacial score (nSPS) is 13.4. The van der Waals surface area contributed by atoms with Gasteiger partial charge in [-0.1, -0.05) is 302 Å². The van der Waals surface area contributed by atoms with Gasteiger partial charge < -0.3 is 33.3 Å². The molecule has 0 aliphatic carbocycles. The van der Waals surface area contributed by atoms with Crippen molar-refractivity contribution in [3.8, 4) is 0 Å². The molecule has 0 fully saturated rings. The first-order valence-corrected chi connectivity index (χ1v) is 35.7. The first-order chi connectivity index (χ1) is 42.6. The number of carboxylic acid groups (broad SMARTS) is 1. The van der Waals surface area contributed by atoms with Crippen LogP contribution in [-0.4, -0.2) is 82.3 Å². The molecule has 0 aromatic rings. The Morgan fingerprint density at radius 1 is 0.345 bits per heavy atom. The summed E-state index contributed by atoms with van der Waals surface area (Å²) in [6.07, 6.45) is 93.0. The molecule has 0 saturated carbocycles. The maximum Gasteiger partial charge on any atom is 0.306 e. The lowest BCUT2D eigenvalue weighted by Gasteiger charge is -2.26. The van der Waals surface area contributed by atoms with E-state index in [1.165, 1.54) is 148 Å². The number of likely N-dealkylation sites (N-methyl/N-ethyl adjacent to an activating group) is 1. The molecule has 0 aromatic carbocycles. The van der Waals surface area contributed by atoms with Crippen LogP contribution in [0.15, 0.2) is 122 Å². The molecule has 0 N–H and O–H groups in total. The van der Waals surface area contributed by atoms with Gasteiger partial charge in [0.15, 0.2) is 12.4 Å². The van der Waals surface area contributed by atoms with Gasteiger partial charge in [0.25, 0.3) is 0 Å². The van der Waals surface area contributed by atoms with E-state index in [0.717, 1.165) is 109 Å². The molecule has 0 rings (SSSR count). The molecule has 0 aliphatic heterocycles. The number of ether oxygens (including phenoxy) is 4. The summed E-state index contributed by atoms with van der Waals surface area (Å²) in [4.78, 5) is 37.5. The number of hydrogen-bond acceptors (Lipinski definition) is 8. The van der Waals surface area contributed by atoms with Gasteiger partial charge in [-0.05, 0) is 103 Å². The molecule has 0 aliphatic rings. The molecule has 0 spiro atoms. The molecular weight excluding hydrogens is 1080 g/mol. The van der Waals surface area contributed by atoms with Gasteiger partial charge in [0.05, 0.1) is 40.3 Å². The summed E-state index contributed by atoms with van der Waals surface area (Å²) in [5.41, 5.74) is 0. The lowest BCUT2D eigenvalue weighted by Crippen LogP contribution is -2.44. The lowest BCUT2D eigenvalue weighted by atomic mass is 10.0. The number of quaternary nitrogens is 1. The molecule has 9 heteroatoms. The van der Waals surface area contributed by atoms with E-state index in [-0.39, 0.29) is 38.6 Å². The summed E-state index contributed by atoms with van der Waals surface area (Å²) in [6, 6.07) is 0. The number of carboxylic acids is 1. The van der Waals surface area contributed by atoms with Crippen molar-refractivity contribution in [1.29, 1.82) is 0 Å². The number of nitrogens with zero attached hydrogens (tertiary/aromatic N) is 1. The van der Waals surface area contributed by atoms with Crippen LogP contribution in [0, 0.1) is 0 Å². The number of rotatable bonds is 65. The van der Waals surface area contributed by atoms with Crippen molar-refractivity contribution in [2.45, 2.75) is 309 Å². The first kappa shape index (κ1) is 82.7. The molecule has 498 valence electrons. The standard InChI is InChI=1S/C78H133NO8/c1-6-8-10-12-14-16-18-20-22-24-26-28-29-30-31-32-33-34-35-36-37-38-39-40-41-42-43-44-45-46-47-49-51-53-55-57-59-61-63-65-67-69-76(81)87-74(73-86-78(77(82)83)84-71-70-79(3,4)5)72-85-75(80)68-66-64-62-60-58-56-54-52-50-48-27-25-23-21-19-17-15-13-11-9-7-2/h8-11,14-17,20-23,26-28,30-31,48,52,54,74,78H,6-7,12-13,18-19,24-25,29,32-47,49-51,53,55-73H2,1-5H3/b10-8-,11-9-,16-14-,17-15-,22-20-,23-21-,28-26-,31-30-,48-27-,54-52-. The van der Waals surface area contributed by atoms with E-state index in [4.69, 9.17) is 18.9 Å². The van der Waals surface area contributed by atoms with Crippen molar-refractivity contribution < 1.29 is 42.9 Å². The van der Waals surface area contributed by atoms with Gasteiger partial charge >= 0.3 is 11.9 Å². The Bertz CT molecular complexity index is 1840. The van der Waals surface area contributed by atoms with Crippen molar-refractivity contribution in [2.75, 3.05) is 47.5 Å². The van der Waals surface area contributed by atoms with Crippen LogP contribution in [0.4, 0.5) is 0 Å². The summed E-state index contributed by atoms with van der Waals surface area (Å²) in [6.45, 7) is 4.51. The highest BCUT2D eigenvalue weighted by Crippen LogP contribution is 2.18. The third-order valence-corrected chi connectivity index (χ3v) is 15.2. The third-order valence-electron chi connectivity index (χ3n) is 15.2. The Balaban J connectivity index is 4.02. The van der Waals surface area contributed by atoms with E-state index in [9.17, 15) is 19.5 Å². The molecule has 87 heavy (non-hydrogen) atoms. The lowest BCUT2D eigenvalue weighted by molar-refractivity contribution is -0.870. The largest absolute Gasteiger partial charge is 0.545 e. The molecule has 0 saturated heterocycles. The van der Waals surface area contributed by atoms with Crippen molar-refractivity contribution in [2.24, 2.45) is 0 Å². The maximum atomic E-state index is 12.9. The molecular formula is C78H133NO8. The number of hydrogen-bond donors (Lipinski definition) is 0. The van der Waals surface area contributed by atoms with Gasteiger partial charge in [-0.3, -0.25) is 9.59 Å². The zero-order chi connectivity index (χ0) is 63.3. The number of allylic oxidation sites excluding steroid dienone is 20. The van der Waals surface area contributed by atoms with Crippen LogP contribution in [0.5, 0.6) is 0 Å². The van der Waals surface area contributed by atoms with E-state index in [2.05, 4.69) is 135 Å². The molecule has 0 amide bonds. The molecule has 0 heterocycles. The Morgan fingerprint density at radius 2 is 0.621 bits per heavy atom. The van der Waals surface area contributed by atoms with Gasteiger partial charge in [0.2, 0.25) is 0 Å². The molecule has 2 unspecified atom stereocenters. The second-order valence-corrected chi connectivity index (χ2v) is 24.8. The van der Waals surface area contributed by atoms with Gasteiger partial charge in [0, 0.05) is 12.8 Å². The van der Waals surface area contributed by atoms with Crippen molar-refractivity contribution in [3.05, 3.63) is 122 Å². The summed E-state index contributed by atoms with van der Waals surface area (Å²) in [5, 5.41) is 11.8. The molecule has 2 atom stereocenters. The Morgan fingerprint density at radius 3 is 0.920 bits per heavy atom. The van der Waals surface area contributed by atoms with Gasteiger partial charge in [-0.15, -0.1) is 0 Å². The first-order valence-electron chi connectivity index (χ1n) is 35.7. The topological polar surface area (TPSA) is 111 Å². The Labute approximate surface area is 536 Å². The van der Waals surface area contributed by atoms with Crippen LogP contribution >= 0.6 is 0 Å². The highest BCUT2D eigenvalue weighted by Gasteiger charge is 2.22. The number of carbonyl (C=O) groups is 3. The fourth-order valence-corrected chi connectivity index (χ4v) is 9.83. The van der Waals surface area contributed by atoms with E-state index in [1.807, 2.05) is 21.1 Å². The van der Waals surface area contributed by atoms with Crippen molar-refractivity contribution in [1.82, 2.24) is 0 Å². The highest BCUT2D eigenvalue weighted by atomic mass is 16.7. The second-order valence-electron chi connectivity index (χ2n) is 24.8. The number of esters is 2. The Kier molecular flexibility index (Phi) is 64.3. The number of unbranched alkanes of at least 4 members (excludes halogenated alkanes) is 30. The SMILES string of the molecule is CC/C=C\C/C=C\C/C=C\C/C=C\C/C=C\CCCCCCCCCCCCCCCCCCCCCCCCCCCC(=O)OC(COC(=O)CCCCCCC/C=C\C/C=C\C/C=C\C/C=C\C/C=C\CC)COC(OCC[N+](C)(C)C)C(=O)[O-]. The van der Waals surface area contributed by atoms with E-state index >= 15 is 0 Å². The molecule has 0 aromatic heterocycles. The number of aliphatic carboxylic acids is 1. The third kappa shape index (κ3) is 69.0.